The Labute approximate surface area is 211 Å². The van der Waals surface area contributed by atoms with Crippen LogP contribution in [0.2, 0.25) is 0 Å². The first-order valence-electron chi connectivity index (χ1n) is 11.5. The van der Waals surface area contributed by atoms with E-state index in [1.54, 1.807) is 48.0 Å². The molecule has 190 valence electrons. The molecule has 2 aromatic carbocycles. The number of nitrogens with one attached hydrogen (secondary N) is 1. The molecule has 1 aliphatic rings. The number of benzene rings is 2. The second kappa shape index (κ2) is 10.2. The second-order valence-corrected chi connectivity index (χ2v) is 8.25. The van der Waals surface area contributed by atoms with E-state index < -0.39 is 17.6 Å². The van der Waals surface area contributed by atoms with Gasteiger partial charge in [0.2, 0.25) is 0 Å². The third kappa shape index (κ3) is 4.81. The fraction of sp³-hybridized carbons (Fsp3) is 0.231. The zero-order chi connectivity index (χ0) is 25.9. The molecule has 1 saturated heterocycles. The molecule has 3 heterocycles. The maximum absolute atomic E-state index is 14.8. The van der Waals surface area contributed by atoms with Gasteiger partial charge in [0.15, 0.2) is 22.8 Å². The first-order chi connectivity index (χ1) is 18.0. The lowest BCUT2D eigenvalue weighted by atomic mass is 10.1. The van der Waals surface area contributed by atoms with Crippen molar-refractivity contribution in [2.24, 2.45) is 0 Å². The van der Waals surface area contributed by atoms with Gasteiger partial charge in [0, 0.05) is 36.6 Å². The van der Waals surface area contributed by atoms with E-state index in [1.165, 1.54) is 18.2 Å². The first kappa shape index (κ1) is 24.2. The predicted octanol–water partition coefficient (Wildman–Crippen LogP) is 3.28. The summed E-state index contributed by atoms with van der Waals surface area (Å²) in [7, 11) is 3.11. The van der Waals surface area contributed by atoms with E-state index in [9.17, 15) is 14.0 Å². The second-order valence-electron chi connectivity index (χ2n) is 8.25. The van der Waals surface area contributed by atoms with Crippen LogP contribution in [0.4, 0.5) is 10.1 Å². The molecule has 11 heteroatoms. The number of hydrogen-bond acceptors (Lipinski definition) is 7. The predicted molar refractivity (Wildman–Crippen MR) is 133 cm³/mol. The van der Waals surface area contributed by atoms with Crippen LogP contribution in [0.5, 0.6) is 11.5 Å². The number of anilines is 1. The molecule has 0 spiro atoms. The minimum Gasteiger partial charge on any atom is -0.493 e. The lowest BCUT2D eigenvalue weighted by Crippen LogP contribution is -2.41. The number of amides is 2. The highest BCUT2D eigenvalue weighted by molar-refractivity contribution is 6.04. The molecule has 4 aromatic rings. The number of aromatic nitrogens is 3. The lowest BCUT2D eigenvalue weighted by Gasteiger charge is -2.27. The van der Waals surface area contributed by atoms with Crippen LogP contribution in [0.25, 0.3) is 16.9 Å². The average molecular weight is 506 g/mol. The molecule has 5 rings (SSSR count). The summed E-state index contributed by atoms with van der Waals surface area (Å²) in [6, 6.07) is 12.7. The quantitative estimate of drug-likeness (QED) is 0.429. The number of carbonyl (C=O) groups excluding carboxylic acids is 2. The highest BCUT2D eigenvalue weighted by Crippen LogP contribution is 2.32. The van der Waals surface area contributed by atoms with Crippen molar-refractivity contribution in [3.05, 3.63) is 71.8 Å². The van der Waals surface area contributed by atoms with Crippen molar-refractivity contribution in [3.63, 3.8) is 0 Å². The number of morpholine rings is 1. The number of carbonyl (C=O) groups is 2. The average Bonchev–Trinajstić information content (AvgIpc) is 3.38. The Bertz CT molecular complexity index is 1480. The summed E-state index contributed by atoms with van der Waals surface area (Å²) in [5.74, 6) is -0.542. The molecular formula is C26H24FN5O5. The van der Waals surface area contributed by atoms with E-state index in [0.29, 0.717) is 49.1 Å². The summed E-state index contributed by atoms with van der Waals surface area (Å²) >= 11 is 0. The summed E-state index contributed by atoms with van der Waals surface area (Å²) in [6.07, 6.45) is 1.62. The van der Waals surface area contributed by atoms with Crippen LogP contribution in [0, 0.1) is 5.82 Å². The molecule has 0 saturated carbocycles. The van der Waals surface area contributed by atoms with Gasteiger partial charge in [0.1, 0.15) is 5.82 Å². The van der Waals surface area contributed by atoms with E-state index >= 15 is 0 Å². The molecule has 0 bridgehead atoms. The molecule has 2 amide bonds. The van der Waals surface area contributed by atoms with E-state index in [2.05, 4.69) is 15.4 Å². The molecule has 0 atom stereocenters. The van der Waals surface area contributed by atoms with Gasteiger partial charge in [-0.05, 0) is 42.5 Å². The van der Waals surface area contributed by atoms with E-state index in [0.717, 1.165) is 11.6 Å². The van der Waals surface area contributed by atoms with Gasteiger partial charge in [0.25, 0.3) is 11.8 Å². The summed E-state index contributed by atoms with van der Waals surface area (Å²) in [5.41, 5.74) is 2.15. The van der Waals surface area contributed by atoms with Crippen molar-refractivity contribution in [2.45, 2.75) is 0 Å². The Kier molecular flexibility index (Phi) is 6.69. The standard InChI is InChI=1S/C26H24FN5O5/c1-35-22-6-3-16(13-23(22)36-2)21-7-8-28-24-15-20(30-32(21)24)25(33)29-17-4-5-18(19(27)14-17)26(34)31-9-11-37-12-10-31/h3-8,13-15H,9-12H2,1-2H3,(H,29,33). The molecule has 10 nitrogen and oxygen atoms in total. The monoisotopic (exact) mass is 505 g/mol. The van der Waals surface area contributed by atoms with Gasteiger partial charge in [0.05, 0.1) is 38.7 Å². The van der Waals surface area contributed by atoms with Crippen LogP contribution in [-0.2, 0) is 4.74 Å². The number of fused-ring (bicyclic) bond motifs is 1. The van der Waals surface area contributed by atoms with Gasteiger partial charge in [-0.1, -0.05) is 0 Å². The summed E-state index contributed by atoms with van der Waals surface area (Å²) < 4.78 is 32.2. The van der Waals surface area contributed by atoms with Gasteiger partial charge >= 0.3 is 0 Å². The maximum Gasteiger partial charge on any atom is 0.276 e. The third-order valence-electron chi connectivity index (χ3n) is 6.03. The van der Waals surface area contributed by atoms with Gasteiger partial charge in [-0.25, -0.2) is 13.9 Å². The smallest absolute Gasteiger partial charge is 0.276 e. The lowest BCUT2D eigenvalue weighted by molar-refractivity contribution is 0.0300. The molecule has 0 radical (unpaired) electrons. The van der Waals surface area contributed by atoms with Crippen LogP contribution in [0.1, 0.15) is 20.8 Å². The van der Waals surface area contributed by atoms with Gasteiger partial charge < -0.3 is 24.4 Å². The molecular weight excluding hydrogens is 481 g/mol. The van der Waals surface area contributed by atoms with Crippen LogP contribution < -0.4 is 14.8 Å². The largest absolute Gasteiger partial charge is 0.493 e. The topological polar surface area (TPSA) is 107 Å². The summed E-state index contributed by atoms with van der Waals surface area (Å²) in [5, 5.41) is 7.05. The van der Waals surface area contributed by atoms with Crippen molar-refractivity contribution in [2.75, 3.05) is 45.8 Å². The van der Waals surface area contributed by atoms with Gasteiger partial charge in [-0.3, -0.25) is 9.59 Å². The fourth-order valence-corrected chi connectivity index (χ4v) is 4.12. The molecule has 2 aromatic heterocycles. The fourth-order valence-electron chi connectivity index (χ4n) is 4.12. The Balaban J connectivity index is 1.38. The molecule has 0 aliphatic carbocycles. The highest BCUT2D eigenvalue weighted by Gasteiger charge is 2.22. The molecule has 1 N–H and O–H groups in total. The van der Waals surface area contributed by atoms with E-state index in [4.69, 9.17) is 14.2 Å². The molecule has 37 heavy (non-hydrogen) atoms. The SMILES string of the molecule is COc1ccc(-c2ccnc3cc(C(=O)Nc4ccc(C(=O)N5CCOCC5)c(F)c4)nn23)cc1OC. The molecule has 1 aliphatic heterocycles. The Morgan fingerprint density at radius 1 is 1.00 bits per heavy atom. The Hall–Kier alpha value is -4.51. The van der Waals surface area contributed by atoms with Crippen LogP contribution >= 0.6 is 0 Å². The highest BCUT2D eigenvalue weighted by atomic mass is 19.1. The van der Waals surface area contributed by atoms with Crippen molar-refractivity contribution >= 4 is 23.1 Å². The molecule has 0 unspecified atom stereocenters. The van der Waals surface area contributed by atoms with Gasteiger partial charge in [-0.2, -0.15) is 5.10 Å². The van der Waals surface area contributed by atoms with Crippen molar-refractivity contribution in [1.82, 2.24) is 19.5 Å². The number of halogens is 1. The summed E-state index contributed by atoms with van der Waals surface area (Å²) in [4.78, 5) is 31.4. The van der Waals surface area contributed by atoms with Gasteiger partial charge in [-0.15, -0.1) is 0 Å². The number of methoxy groups -OCH3 is 2. The minimum atomic E-state index is -0.721. The molecule has 1 fully saturated rings. The number of hydrogen-bond donors (Lipinski definition) is 1. The van der Waals surface area contributed by atoms with Crippen molar-refractivity contribution in [3.8, 4) is 22.8 Å². The minimum absolute atomic E-state index is 0.0589. The van der Waals surface area contributed by atoms with Crippen LogP contribution in [-0.4, -0.2) is 71.8 Å². The first-order valence-corrected chi connectivity index (χ1v) is 11.5. The zero-order valence-corrected chi connectivity index (χ0v) is 20.2. The third-order valence-corrected chi connectivity index (χ3v) is 6.03. The summed E-state index contributed by atoms with van der Waals surface area (Å²) in [6.45, 7) is 1.65. The number of ether oxygens (including phenoxy) is 3. The van der Waals surface area contributed by atoms with Crippen LogP contribution in [0.15, 0.2) is 54.7 Å². The van der Waals surface area contributed by atoms with Crippen molar-refractivity contribution in [1.29, 1.82) is 0 Å². The maximum atomic E-state index is 14.8. The Morgan fingerprint density at radius 3 is 2.51 bits per heavy atom. The zero-order valence-electron chi connectivity index (χ0n) is 20.2. The number of nitrogens with zero attached hydrogens (tertiary/aromatic N) is 4. The number of rotatable bonds is 6. The van der Waals surface area contributed by atoms with Crippen LogP contribution in [0.3, 0.4) is 0 Å². The normalized spacial score (nSPS) is 13.4. The Morgan fingerprint density at radius 2 is 1.78 bits per heavy atom. The van der Waals surface area contributed by atoms with E-state index in [-0.39, 0.29) is 16.9 Å². The van der Waals surface area contributed by atoms with E-state index in [1.807, 2.05) is 6.07 Å². The van der Waals surface area contributed by atoms with Crippen molar-refractivity contribution < 1.29 is 28.2 Å².